The number of hydrogen-bond acceptors (Lipinski definition) is 6. The number of piperidine rings is 3. The molecule has 0 spiro atoms. The second-order valence-electron chi connectivity index (χ2n) is 14.3. The van der Waals surface area contributed by atoms with E-state index in [1.807, 2.05) is 24.3 Å². The van der Waals surface area contributed by atoms with Crippen LogP contribution in [0.5, 0.6) is 0 Å². The van der Waals surface area contributed by atoms with Gasteiger partial charge in [-0.3, -0.25) is 19.1 Å². The van der Waals surface area contributed by atoms with Gasteiger partial charge in [-0.1, -0.05) is 18.2 Å². The van der Waals surface area contributed by atoms with Crippen LogP contribution < -0.4 is 16.7 Å². The van der Waals surface area contributed by atoms with E-state index in [0.29, 0.717) is 56.4 Å². The van der Waals surface area contributed by atoms with Gasteiger partial charge in [-0.25, -0.2) is 4.79 Å². The summed E-state index contributed by atoms with van der Waals surface area (Å²) < 4.78 is 43.5. The average Bonchev–Trinajstić information content (AvgIpc) is 3.48. The van der Waals surface area contributed by atoms with Gasteiger partial charge in [-0.2, -0.15) is 13.2 Å². The van der Waals surface area contributed by atoms with Gasteiger partial charge in [0.15, 0.2) is 0 Å². The minimum Gasteiger partial charge on any atom is -0.397 e. The fraction of sp³-hybridized carbons (Fsp3) is 0.514. The second-order valence-corrected chi connectivity index (χ2v) is 15.2. The minimum absolute atomic E-state index is 0.0249. The summed E-state index contributed by atoms with van der Waals surface area (Å²) in [6.07, 6.45) is 1.98. The van der Waals surface area contributed by atoms with E-state index in [9.17, 15) is 27.6 Å². The van der Waals surface area contributed by atoms with Gasteiger partial charge in [0, 0.05) is 48.5 Å². The SMILES string of the molecule is Nc1c(Br)cc(C[C@@H](CC(=O)N2CCC(n3c(=O)[nH]c4c5ccccc5ncc43)CC2)C(=O)N2CCC(C3CCNCC3)CC2)cc1C(F)(F)F. The Labute approximate surface area is 302 Å². The molecule has 5 heterocycles. The zero-order valence-electron chi connectivity index (χ0n) is 28.4. The van der Waals surface area contributed by atoms with Crippen LogP contribution in [0.25, 0.3) is 21.9 Å². The van der Waals surface area contributed by atoms with Crippen LogP contribution >= 0.6 is 15.9 Å². The Kier molecular flexibility index (Phi) is 10.2. The molecule has 4 N–H and O–H groups in total. The van der Waals surface area contributed by atoms with Crippen molar-refractivity contribution in [3.8, 4) is 0 Å². The Morgan fingerprint density at radius 1 is 0.961 bits per heavy atom. The van der Waals surface area contributed by atoms with Crippen molar-refractivity contribution < 1.29 is 22.8 Å². The largest absolute Gasteiger partial charge is 0.418 e. The summed E-state index contributed by atoms with van der Waals surface area (Å²) in [5.41, 5.74) is 6.69. The van der Waals surface area contributed by atoms with Gasteiger partial charge in [0.25, 0.3) is 0 Å². The third-order valence-electron chi connectivity index (χ3n) is 11.3. The van der Waals surface area contributed by atoms with Gasteiger partial charge in [0.1, 0.15) is 0 Å². The molecule has 3 aliphatic heterocycles. The Morgan fingerprint density at radius 3 is 2.33 bits per heavy atom. The number of likely N-dealkylation sites (tertiary alicyclic amines) is 2. The number of alkyl halides is 3. The molecule has 0 radical (unpaired) electrons. The minimum atomic E-state index is -4.67. The Bertz CT molecular complexity index is 1970. The highest BCUT2D eigenvalue weighted by Gasteiger charge is 2.37. The fourth-order valence-electron chi connectivity index (χ4n) is 8.52. The lowest BCUT2D eigenvalue weighted by Gasteiger charge is -2.39. The number of nitrogens with one attached hydrogen (secondary N) is 2. The number of benzene rings is 2. The third-order valence-corrected chi connectivity index (χ3v) is 12.0. The summed E-state index contributed by atoms with van der Waals surface area (Å²) >= 11 is 3.17. The number of anilines is 1. The number of aromatic amines is 1. The van der Waals surface area contributed by atoms with Gasteiger partial charge in [0.05, 0.1) is 39.9 Å². The van der Waals surface area contributed by atoms with Gasteiger partial charge < -0.3 is 25.8 Å². The Balaban J connectivity index is 1.07. The number of nitrogen functional groups attached to an aromatic ring is 1. The molecule has 272 valence electrons. The van der Waals surface area contributed by atoms with Crippen LogP contribution in [-0.2, 0) is 22.2 Å². The van der Waals surface area contributed by atoms with E-state index in [1.54, 1.807) is 20.6 Å². The molecule has 4 aromatic rings. The maximum absolute atomic E-state index is 14.1. The first-order valence-electron chi connectivity index (χ1n) is 17.9. The first-order valence-corrected chi connectivity index (χ1v) is 18.7. The van der Waals surface area contributed by atoms with Crippen molar-refractivity contribution in [2.24, 2.45) is 17.8 Å². The van der Waals surface area contributed by atoms with Crippen LogP contribution in [0.2, 0.25) is 0 Å². The van der Waals surface area contributed by atoms with E-state index in [-0.39, 0.29) is 46.4 Å². The van der Waals surface area contributed by atoms with Crippen molar-refractivity contribution in [2.75, 3.05) is 45.0 Å². The van der Waals surface area contributed by atoms with Gasteiger partial charge >= 0.3 is 11.9 Å². The van der Waals surface area contributed by atoms with Crippen molar-refractivity contribution in [3.63, 3.8) is 0 Å². The molecule has 2 aromatic carbocycles. The number of aromatic nitrogens is 3. The lowest BCUT2D eigenvalue weighted by atomic mass is 9.79. The highest BCUT2D eigenvalue weighted by molar-refractivity contribution is 9.10. The molecule has 2 aromatic heterocycles. The summed E-state index contributed by atoms with van der Waals surface area (Å²) in [5, 5.41) is 4.27. The van der Waals surface area contributed by atoms with E-state index in [4.69, 9.17) is 5.73 Å². The van der Waals surface area contributed by atoms with Crippen molar-refractivity contribution in [3.05, 3.63) is 68.7 Å². The highest BCUT2D eigenvalue weighted by atomic mass is 79.9. The Hall–Kier alpha value is -3.91. The van der Waals surface area contributed by atoms with Gasteiger partial charge in [0.2, 0.25) is 11.8 Å². The molecule has 14 heteroatoms. The lowest BCUT2D eigenvalue weighted by molar-refractivity contribution is -0.143. The molecular formula is C37H43BrF3N7O3. The highest BCUT2D eigenvalue weighted by Crippen LogP contribution is 2.39. The predicted octanol–water partition coefficient (Wildman–Crippen LogP) is 5.89. The van der Waals surface area contributed by atoms with Crippen molar-refractivity contribution in [2.45, 2.75) is 63.6 Å². The predicted molar refractivity (Wildman–Crippen MR) is 193 cm³/mol. The van der Waals surface area contributed by atoms with Crippen molar-refractivity contribution in [1.82, 2.24) is 29.7 Å². The van der Waals surface area contributed by atoms with E-state index >= 15 is 0 Å². The number of hydrogen-bond donors (Lipinski definition) is 3. The number of nitrogens with two attached hydrogens (primary N) is 1. The molecule has 3 aliphatic rings. The average molecular weight is 771 g/mol. The zero-order chi connectivity index (χ0) is 35.9. The Morgan fingerprint density at radius 2 is 1.63 bits per heavy atom. The molecule has 0 saturated carbocycles. The number of carbonyl (C=O) groups excluding carboxylic acids is 2. The number of H-pyrrole nitrogens is 1. The van der Waals surface area contributed by atoms with Crippen molar-refractivity contribution in [1.29, 1.82) is 0 Å². The number of imidazole rings is 1. The number of para-hydroxylation sites is 1. The summed E-state index contributed by atoms with van der Waals surface area (Å²) in [6, 6.07) is 9.98. The second kappa shape index (κ2) is 14.6. The van der Waals surface area contributed by atoms with Crippen LogP contribution in [0, 0.1) is 17.8 Å². The summed E-state index contributed by atoms with van der Waals surface area (Å²) in [4.78, 5) is 52.2. The van der Waals surface area contributed by atoms with Gasteiger partial charge in [-0.05, 0) is 110 Å². The quantitative estimate of drug-likeness (QED) is 0.201. The number of fused-ring (bicyclic) bond motifs is 3. The van der Waals surface area contributed by atoms with Crippen LogP contribution in [0.4, 0.5) is 18.9 Å². The third kappa shape index (κ3) is 7.39. The first kappa shape index (κ1) is 35.5. The molecule has 51 heavy (non-hydrogen) atoms. The van der Waals surface area contributed by atoms with Crippen LogP contribution in [-0.4, -0.2) is 75.4 Å². The number of halogens is 4. The maximum Gasteiger partial charge on any atom is 0.418 e. The maximum atomic E-state index is 14.1. The number of carbonyl (C=O) groups is 2. The molecule has 0 bridgehead atoms. The summed E-state index contributed by atoms with van der Waals surface area (Å²) in [7, 11) is 0. The fourth-order valence-corrected chi connectivity index (χ4v) is 9.03. The van der Waals surface area contributed by atoms with Crippen LogP contribution in [0.15, 0.2) is 51.9 Å². The monoisotopic (exact) mass is 769 g/mol. The van der Waals surface area contributed by atoms with E-state index < -0.39 is 23.3 Å². The first-order chi connectivity index (χ1) is 24.5. The van der Waals surface area contributed by atoms with Crippen molar-refractivity contribution >= 4 is 55.4 Å². The topological polar surface area (TPSA) is 129 Å². The van der Waals surface area contributed by atoms with Crippen LogP contribution in [0.3, 0.4) is 0 Å². The number of rotatable bonds is 7. The molecule has 3 saturated heterocycles. The standard InChI is InChI=1S/C37H43BrF3N7O3/c38-29-19-22(18-28(33(29)42)37(39,40)41)17-25(35(50)47-13-7-24(8-14-47)23-5-11-43-12-6-23)20-32(49)46-15-9-26(10-16-46)48-31-21-44-30-4-2-1-3-27(30)34(31)45-36(48)51/h1-4,18-19,21,23-26,43H,5-17,20,42H2,(H,45,51)/t25-/m0/s1. The lowest BCUT2D eigenvalue weighted by Crippen LogP contribution is -2.46. The summed E-state index contributed by atoms with van der Waals surface area (Å²) in [5.74, 6) is -0.0844. The molecule has 1 atom stereocenters. The van der Waals surface area contributed by atoms with Gasteiger partial charge in [-0.15, -0.1) is 0 Å². The molecule has 0 unspecified atom stereocenters. The molecule has 3 fully saturated rings. The van der Waals surface area contributed by atoms with E-state index in [1.165, 1.54) is 6.07 Å². The normalized spacial score (nSPS) is 19.2. The number of amides is 2. The molecule has 2 amide bonds. The number of nitrogens with zero attached hydrogens (tertiary/aromatic N) is 4. The van der Waals surface area contributed by atoms with E-state index in [0.717, 1.165) is 61.3 Å². The van der Waals surface area contributed by atoms with Crippen LogP contribution in [0.1, 0.15) is 62.1 Å². The molecular weight excluding hydrogens is 727 g/mol. The molecule has 7 rings (SSSR count). The number of pyridine rings is 1. The summed E-state index contributed by atoms with van der Waals surface area (Å²) in [6.45, 7) is 3.94. The zero-order valence-corrected chi connectivity index (χ0v) is 29.9. The molecule has 10 nitrogen and oxygen atoms in total. The molecule has 0 aliphatic carbocycles. The smallest absolute Gasteiger partial charge is 0.397 e. The van der Waals surface area contributed by atoms with E-state index in [2.05, 4.69) is 31.2 Å².